The minimum Gasteiger partial charge on any atom is -0.487 e. The van der Waals surface area contributed by atoms with Crippen LogP contribution in [0.1, 0.15) is 43.4 Å². The van der Waals surface area contributed by atoms with Crippen LogP contribution in [0, 0.1) is 5.92 Å². The van der Waals surface area contributed by atoms with Gasteiger partial charge in [0.2, 0.25) is 0 Å². The van der Waals surface area contributed by atoms with Crippen molar-refractivity contribution in [1.82, 2.24) is 10.2 Å². The Hall–Kier alpha value is -2.58. The number of likely N-dealkylation sites (tertiary alicyclic amines) is 1. The SMILES string of the molecule is COC(C(=O)NCC1CCN(Cc2cccc3c2OC(C)(C)C3)CC1)(c1ccccc1)C(F)(F)F. The van der Waals surface area contributed by atoms with Gasteiger partial charge in [0.05, 0.1) is 0 Å². The van der Waals surface area contributed by atoms with Crippen molar-refractivity contribution < 1.29 is 27.4 Å². The number of fused-ring (bicyclic) bond motifs is 1. The molecule has 0 saturated carbocycles. The summed E-state index contributed by atoms with van der Waals surface area (Å²) in [6.07, 6.45) is -2.43. The molecule has 4 rings (SSSR count). The first-order valence-electron chi connectivity index (χ1n) is 12.0. The van der Waals surface area contributed by atoms with Crippen molar-refractivity contribution in [3.05, 3.63) is 65.2 Å². The standard InChI is InChI=1S/C27H33F3N2O3/c1-25(2)16-20-8-7-9-21(23(20)35-25)18-32-14-12-19(13-15-32)17-31-24(33)26(34-3,27(28,29)30)22-10-5-4-6-11-22/h4-11,19H,12-18H2,1-3H3,(H,31,33). The van der Waals surface area contributed by atoms with Gasteiger partial charge in [0.1, 0.15) is 11.4 Å². The zero-order valence-electron chi connectivity index (χ0n) is 20.5. The van der Waals surface area contributed by atoms with E-state index in [1.165, 1.54) is 29.8 Å². The second-order valence-electron chi connectivity index (χ2n) is 10.1. The van der Waals surface area contributed by atoms with Crippen LogP contribution in [-0.2, 0) is 28.1 Å². The molecule has 2 aromatic carbocycles. The molecule has 1 amide bonds. The smallest absolute Gasteiger partial charge is 0.430 e. The molecular formula is C27H33F3N2O3. The lowest BCUT2D eigenvalue weighted by Gasteiger charge is -2.35. The maximum atomic E-state index is 14.1. The van der Waals surface area contributed by atoms with Crippen molar-refractivity contribution in [3.8, 4) is 5.75 Å². The number of ether oxygens (including phenoxy) is 2. The molecular weight excluding hydrogens is 457 g/mol. The summed E-state index contributed by atoms with van der Waals surface area (Å²) in [5, 5.41) is 2.53. The number of piperidine rings is 1. The molecule has 0 radical (unpaired) electrons. The lowest BCUT2D eigenvalue weighted by atomic mass is 9.90. The summed E-state index contributed by atoms with van der Waals surface area (Å²) in [4.78, 5) is 15.2. The van der Waals surface area contributed by atoms with Crippen LogP contribution in [0.15, 0.2) is 48.5 Å². The molecule has 0 aliphatic carbocycles. The number of para-hydroxylation sites is 1. The van der Waals surface area contributed by atoms with Gasteiger partial charge in [-0.2, -0.15) is 13.2 Å². The van der Waals surface area contributed by atoms with Crippen molar-refractivity contribution >= 4 is 5.91 Å². The van der Waals surface area contributed by atoms with Gasteiger partial charge in [-0.1, -0.05) is 48.5 Å². The van der Waals surface area contributed by atoms with E-state index >= 15 is 0 Å². The monoisotopic (exact) mass is 490 g/mol. The van der Waals surface area contributed by atoms with Gasteiger partial charge in [-0.05, 0) is 51.3 Å². The second kappa shape index (κ2) is 9.82. The first kappa shape index (κ1) is 25.5. The number of amides is 1. The Morgan fingerprint density at radius 1 is 1.11 bits per heavy atom. The number of nitrogens with one attached hydrogen (secondary N) is 1. The molecule has 190 valence electrons. The van der Waals surface area contributed by atoms with E-state index < -0.39 is 17.7 Å². The highest BCUT2D eigenvalue weighted by molar-refractivity contribution is 5.87. The summed E-state index contributed by atoms with van der Waals surface area (Å²) in [5.74, 6) is -0.0953. The van der Waals surface area contributed by atoms with E-state index in [0.717, 1.165) is 57.3 Å². The fourth-order valence-electron chi connectivity index (χ4n) is 5.18. The molecule has 5 nitrogen and oxygen atoms in total. The summed E-state index contributed by atoms with van der Waals surface area (Å²) in [6.45, 7) is 6.74. The van der Waals surface area contributed by atoms with Gasteiger partial charge in [0.25, 0.3) is 11.5 Å². The zero-order chi connectivity index (χ0) is 25.3. The number of carbonyl (C=O) groups is 1. The number of alkyl halides is 3. The van der Waals surface area contributed by atoms with Crippen LogP contribution in [-0.4, -0.2) is 49.3 Å². The Kier molecular flexibility index (Phi) is 7.16. The van der Waals surface area contributed by atoms with E-state index in [9.17, 15) is 18.0 Å². The first-order chi connectivity index (χ1) is 16.6. The van der Waals surface area contributed by atoms with Gasteiger partial charge in [-0.25, -0.2) is 0 Å². The summed E-state index contributed by atoms with van der Waals surface area (Å²) in [7, 11) is 0.920. The van der Waals surface area contributed by atoms with Gasteiger partial charge in [0.15, 0.2) is 0 Å². The molecule has 2 aliphatic rings. The van der Waals surface area contributed by atoms with E-state index in [-0.39, 0.29) is 23.6 Å². The Bertz CT molecular complexity index is 1030. The fourth-order valence-corrected chi connectivity index (χ4v) is 5.18. The maximum absolute atomic E-state index is 14.1. The van der Waals surface area contributed by atoms with Gasteiger partial charge in [-0.15, -0.1) is 0 Å². The number of rotatable bonds is 7. The van der Waals surface area contributed by atoms with Crippen LogP contribution in [0.5, 0.6) is 5.75 Å². The molecule has 1 N–H and O–H groups in total. The predicted molar refractivity (Wildman–Crippen MR) is 127 cm³/mol. The molecule has 1 fully saturated rings. The second-order valence-corrected chi connectivity index (χ2v) is 10.1. The Balaban J connectivity index is 1.34. The Morgan fingerprint density at radius 3 is 2.43 bits per heavy atom. The molecule has 0 bridgehead atoms. The molecule has 35 heavy (non-hydrogen) atoms. The van der Waals surface area contributed by atoms with Gasteiger partial charge >= 0.3 is 6.18 Å². The minimum absolute atomic E-state index is 0.102. The third-order valence-electron chi connectivity index (χ3n) is 7.03. The van der Waals surface area contributed by atoms with Crippen molar-refractivity contribution in [3.63, 3.8) is 0 Å². The van der Waals surface area contributed by atoms with Crippen molar-refractivity contribution in [1.29, 1.82) is 0 Å². The lowest BCUT2D eigenvalue weighted by Crippen LogP contribution is -2.56. The van der Waals surface area contributed by atoms with E-state index in [2.05, 4.69) is 42.3 Å². The molecule has 1 saturated heterocycles. The number of nitrogens with zero attached hydrogens (tertiary/aromatic N) is 1. The Labute approximate surface area is 204 Å². The quantitative estimate of drug-likeness (QED) is 0.604. The third kappa shape index (κ3) is 5.19. The van der Waals surface area contributed by atoms with Crippen LogP contribution in [0.25, 0.3) is 0 Å². The molecule has 2 aromatic rings. The summed E-state index contributed by atoms with van der Waals surface area (Å²) < 4.78 is 53.3. The van der Waals surface area contributed by atoms with E-state index in [0.29, 0.717) is 0 Å². The molecule has 0 spiro atoms. The van der Waals surface area contributed by atoms with Crippen molar-refractivity contribution in [2.24, 2.45) is 5.92 Å². The molecule has 8 heteroatoms. The van der Waals surface area contributed by atoms with Crippen LogP contribution in [0.3, 0.4) is 0 Å². The highest BCUT2D eigenvalue weighted by atomic mass is 19.4. The number of carbonyl (C=O) groups excluding carboxylic acids is 1. The van der Waals surface area contributed by atoms with Crippen LogP contribution >= 0.6 is 0 Å². The number of methoxy groups -OCH3 is 1. The molecule has 2 aliphatic heterocycles. The molecule has 1 atom stereocenters. The maximum Gasteiger partial charge on any atom is 0.430 e. The summed E-state index contributed by atoms with van der Waals surface area (Å²) in [6, 6.07) is 13.3. The van der Waals surface area contributed by atoms with E-state index in [4.69, 9.17) is 9.47 Å². The summed E-state index contributed by atoms with van der Waals surface area (Å²) in [5.41, 5.74) is -1.07. The van der Waals surface area contributed by atoms with Crippen LogP contribution in [0.2, 0.25) is 0 Å². The third-order valence-corrected chi connectivity index (χ3v) is 7.03. The molecule has 2 heterocycles. The largest absolute Gasteiger partial charge is 0.487 e. The number of hydrogen-bond acceptors (Lipinski definition) is 4. The number of halogens is 3. The van der Waals surface area contributed by atoms with Gasteiger partial charge < -0.3 is 14.8 Å². The van der Waals surface area contributed by atoms with Gasteiger partial charge in [0, 0.05) is 37.7 Å². The zero-order valence-corrected chi connectivity index (χ0v) is 20.5. The van der Waals surface area contributed by atoms with Crippen LogP contribution in [0.4, 0.5) is 13.2 Å². The molecule has 0 aromatic heterocycles. The average molecular weight is 491 g/mol. The summed E-state index contributed by atoms with van der Waals surface area (Å²) >= 11 is 0. The predicted octanol–water partition coefficient (Wildman–Crippen LogP) is 4.83. The van der Waals surface area contributed by atoms with Gasteiger partial charge in [-0.3, -0.25) is 9.69 Å². The lowest BCUT2D eigenvalue weighted by molar-refractivity contribution is -0.265. The Morgan fingerprint density at radius 2 is 1.80 bits per heavy atom. The minimum atomic E-state index is -4.90. The van der Waals surface area contributed by atoms with Crippen LogP contribution < -0.4 is 10.1 Å². The molecule has 1 unspecified atom stereocenters. The van der Waals surface area contributed by atoms with Crippen molar-refractivity contribution in [2.75, 3.05) is 26.7 Å². The normalized spacial score (nSPS) is 20.1. The van der Waals surface area contributed by atoms with E-state index in [1.807, 2.05) is 0 Å². The van der Waals surface area contributed by atoms with E-state index in [1.54, 1.807) is 6.07 Å². The van der Waals surface area contributed by atoms with Crippen molar-refractivity contribution in [2.45, 2.75) is 57.0 Å². The average Bonchev–Trinajstić information content (AvgIpc) is 3.14. The highest BCUT2D eigenvalue weighted by Crippen LogP contribution is 2.42. The first-order valence-corrected chi connectivity index (χ1v) is 12.0. The number of benzene rings is 2. The fraction of sp³-hybridized carbons (Fsp3) is 0.519. The number of hydrogen-bond donors (Lipinski definition) is 1. The highest BCUT2D eigenvalue weighted by Gasteiger charge is 2.62. The topological polar surface area (TPSA) is 50.8 Å².